The van der Waals surface area contributed by atoms with E-state index in [1.807, 2.05) is 24.3 Å². The summed E-state index contributed by atoms with van der Waals surface area (Å²) in [5.41, 5.74) is 3.10. The number of terminal acetylenes is 1. The van der Waals surface area contributed by atoms with Crippen molar-refractivity contribution in [2.24, 2.45) is 0 Å². The molecule has 2 rings (SSSR count). The van der Waals surface area contributed by atoms with Crippen LogP contribution in [0.4, 0.5) is 5.69 Å². The lowest BCUT2D eigenvalue weighted by molar-refractivity contribution is 0.583. The van der Waals surface area contributed by atoms with Gasteiger partial charge in [0.25, 0.3) is 0 Å². The highest BCUT2D eigenvalue weighted by atomic mass is 32.1. The number of thiazole rings is 1. The lowest BCUT2D eigenvalue weighted by atomic mass is 9.98. The molecule has 0 atom stereocenters. The highest BCUT2D eigenvalue weighted by Gasteiger charge is 2.17. The van der Waals surface area contributed by atoms with Gasteiger partial charge in [0.15, 0.2) is 0 Å². The second-order valence-corrected chi connectivity index (χ2v) is 6.33. The molecule has 0 spiro atoms. The molecule has 0 aliphatic rings. The van der Waals surface area contributed by atoms with Gasteiger partial charge in [-0.3, -0.25) is 0 Å². The summed E-state index contributed by atoms with van der Waals surface area (Å²) in [5, 5.41) is 6.63. The number of benzene rings is 1. The van der Waals surface area contributed by atoms with Gasteiger partial charge in [-0.05, 0) is 18.2 Å². The van der Waals surface area contributed by atoms with Crippen LogP contribution in [0.15, 0.2) is 29.6 Å². The largest absolute Gasteiger partial charge is 0.379 e. The Bertz CT molecular complexity index is 600. The predicted octanol–water partition coefficient (Wildman–Crippen LogP) is 4.03. The van der Waals surface area contributed by atoms with Gasteiger partial charge in [0.2, 0.25) is 0 Å². The lowest BCUT2D eigenvalue weighted by Gasteiger charge is -2.13. The molecule has 0 saturated heterocycles. The first-order valence-corrected chi connectivity index (χ1v) is 7.12. The number of hydrogen-bond acceptors (Lipinski definition) is 3. The van der Waals surface area contributed by atoms with Crippen molar-refractivity contribution in [3.63, 3.8) is 0 Å². The van der Waals surface area contributed by atoms with E-state index in [1.54, 1.807) is 11.3 Å². The lowest BCUT2D eigenvalue weighted by Crippen LogP contribution is -2.11. The van der Waals surface area contributed by atoms with Gasteiger partial charge in [-0.1, -0.05) is 32.8 Å². The molecule has 2 aromatic rings. The van der Waals surface area contributed by atoms with E-state index in [4.69, 9.17) is 6.42 Å². The van der Waals surface area contributed by atoms with Crippen molar-refractivity contribution >= 4 is 17.0 Å². The normalized spacial score (nSPS) is 11.1. The van der Waals surface area contributed by atoms with Gasteiger partial charge in [0.1, 0.15) is 0 Å². The molecule has 0 aliphatic carbocycles. The highest BCUT2D eigenvalue weighted by Crippen LogP contribution is 2.25. The van der Waals surface area contributed by atoms with E-state index in [0.29, 0.717) is 0 Å². The molecule has 1 N–H and O–H groups in total. The Balaban J connectivity index is 2.03. The first-order valence-electron chi connectivity index (χ1n) is 6.24. The van der Waals surface area contributed by atoms with Gasteiger partial charge >= 0.3 is 0 Å². The summed E-state index contributed by atoms with van der Waals surface area (Å²) in [4.78, 5) is 4.65. The van der Waals surface area contributed by atoms with Crippen molar-refractivity contribution in [3.05, 3.63) is 45.9 Å². The van der Waals surface area contributed by atoms with E-state index in [-0.39, 0.29) is 5.41 Å². The zero-order valence-corrected chi connectivity index (χ0v) is 12.3. The van der Waals surface area contributed by atoms with E-state index in [0.717, 1.165) is 23.5 Å². The summed E-state index contributed by atoms with van der Waals surface area (Å²) < 4.78 is 0. The molecule has 0 radical (unpaired) electrons. The Hall–Kier alpha value is -1.79. The van der Waals surface area contributed by atoms with Crippen molar-refractivity contribution in [3.8, 4) is 12.3 Å². The minimum atomic E-state index is 0.117. The molecule has 1 aromatic carbocycles. The summed E-state index contributed by atoms with van der Waals surface area (Å²) in [6, 6.07) is 7.86. The van der Waals surface area contributed by atoms with Crippen molar-refractivity contribution in [2.45, 2.75) is 32.7 Å². The number of hydrogen-bond donors (Lipinski definition) is 1. The summed E-state index contributed by atoms with van der Waals surface area (Å²) in [6.07, 6.45) is 5.39. The zero-order chi connectivity index (χ0) is 13.9. The van der Waals surface area contributed by atoms with Gasteiger partial charge in [-0.2, -0.15) is 0 Å². The Morgan fingerprint density at radius 2 is 2.16 bits per heavy atom. The SMILES string of the molecule is C#Cc1cccc(NCc2csc(C(C)(C)C)n2)c1. The van der Waals surface area contributed by atoms with E-state index in [9.17, 15) is 0 Å². The smallest absolute Gasteiger partial charge is 0.0982 e. The molecule has 2 nitrogen and oxygen atoms in total. The van der Waals surface area contributed by atoms with Gasteiger partial charge in [0, 0.05) is 22.0 Å². The topological polar surface area (TPSA) is 24.9 Å². The monoisotopic (exact) mass is 270 g/mol. The standard InChI is InChI=1S/C16H18N2S/c1-5-12-7-6-8-13(9-12)17-10-14-11-19-15(18-14)16(2,3)4/h1,6-9,11,17H,10H2,2-4H3. The zero-order valence-electron chi connectivity index (χ0n) is 11.5. The van der Waals surface area contributed by atoms with Crippen LogP contribution in [0, 0.1) is 12.3 Å². The quantitative estimate of drug-likeness (QED) is 0.852. The summed E-state index contributed by atoms with van der Waals surface area (Å²) in [6.45, 7) is 7.26. The molecule has 3 heteroatoms. The maximum absolute atomic E-state index is 5.39. The first-order chi connectivity index (χ1) is 8.99. The number of aromatic nitrogens is 1. The van der Waals surface area contributed by atoms with Crippen molar-refractivity contribution < 1.29 is 0 Å². The van der Waals surface area contributed by atoms with Crippen LogP contribution in [0.1, 0.15) is 37.0 Å². The predicted molar refractivity (Wildman–Crippen MR) is 82.5 cm³/mol. The minimum Gasteiger partial charge on any atom is -0.379 e. The van der Waals surface area contributed by atoms with Crippen LogP contribution in [0.2, 0.25) is 0 Å². The van der Waals surface area contributed by atoms with Crippen LogP contribution in [0.5, 0.6) is 0 Å². The van der Waals surface area contributed by atoms with Crippen LogP contribution in [-0.4, -0.2) is 4.98 Å². The third-order valence-corrected chi connectivity index (χ3v) is 4.01. The maximum Gasteiger partial charge on any atom is 0.0982 e. The van der Waals surface area contributed by atoms with E-state index in [2.05, 4.69) is 42.4 Å². The van der Waals surface area contributed by atoms with Gasteiger partial charge < -0.3 is 5.32 Å². The van der Waals surface area contributed by atoms with Crippen molar-refractivity contribution in [1.29, 1.82) is 0 Å². The molecule has 0 amide bonds. The molecule has 1 heterocycles. The molecule has 0 fully saturated rings. The van der Waals surface area contributed by atoms with Crippen LogP contribution in [0.25, 0.3) is 0 Å². The molecule has 1 aromatic heterocycles. The van der Waals surface area contributed by atoms with Crippen LogP contribution >= 0.6 is 11.3 Å². The average molecular weight is 270 g/mol. The fourth-order valence-electron chi connectivity index (χ4n) is 1.64. The molecular formula is C16H18N2S. The highest BCUT2D eigenvalue weighted by molar-refractivity contribution is 7.09. The molecule has 0 aliphatic heterocycles. The first kappa shape index (κ1) is 13.6. The number of rotatable bonds is 3. The summed E-state index contributed by atoms with van der Waals surface area (Å²) in [7, 11) is 0. The second-order valence-electron chi connectivity index (χ2n) is 5.47. The third kappa shape index (κ3) is 3.59. The number of nitrogens with zero attached hydrogens (tertiary/aromatic N) is 1. The molecule has 0 saturated carbocycles. The van der Waals surface area contributed by atoms with Gasteiger partial charge in [-0.25, -0.2) is 4.98 Å². The molecule has 19 heavy (non-hydrogen) atoms. The summed E-state index contributed by atoms with van der Waals surface area (Å²) in [5.74, 6) is 2.64. The Labute approximate surface area is 118 Å². The van der Waals surface area contributed by atoms with Crippen LogP contribution in [0.3, 0.4) is 0 Å². The minimum absolute atomic E-state index is 0.117. The number of nitrogens with one attached hydrogen (secondary N) is 1. The fourth-order valence-corrected chi connectivity index (χ4v) is 2.55. The Morgan fingerprint density at radius 1 is 1.37 bits per heavy atom. The van der Waals surface area contributed by atoms with Crippen molar-refractivity contribution in [2.75, 3.05) is 5.32 Å². The molecule has 0 bridgehead atoms. The Morgan fingerprint density at radius 3 is 2.79 bits per heavy atom. The second kappa shape index (κ2) is 5.46. The molecule has 0 unspecified atom stereocenters. The third-order valence-electron chi connectivity index (χ3n) is 2.70. The maximum atomic E-state index is 5.39. The molecule has 98 valence electrons. The van der Waals surface area contributed by atoms with E-state index in [1.165, 1.54) is 5.01 Å². The Kier molecular flexibility index (Phi) is 3.92. The van der Waals surface area contributed by atoms with Crippen molar-refractivity contribution in [1.82, 2.24) is 4.98 Å². The average Bonchev–Trinajstić information content (AvgIpc) is 2.85. The van der Waals surface area contributed by atoms with Gasteiger partial charge in [-0.15, -0.1) is 17.8 Å². The molecular weight excluding hydrogens is 252 g/mol. The summed E-state index contributed by atoms with van der Waals surface area (Å²) >= 11 is 1.72. The van der Waals surface area contributed by atoms with Crippen LogP contribution in [-0.2, 0) is 12.0 Å². The number of anilines is 1. The van der Waals surface area contributed by atoms with Crippen LogP contribution < -0.4 is 5.32 Å². The fraction of sp³-hybridized carbons (Fsp3) is 0.312. The van der Waals surface area contributed by atoms with Gasteiger partial charge in [0.05, 0.1) is 17.2 Å². The van der Waals surface area contributed by atoms with E-state index >= 15 is 0 Å². The van der Waals surface area contributed by atoms with E-state index < -0.39 is 0 Å².